The molecule has 0 radical (unpaired) electrons. The fraction of sp³-hybridized carbons (Fsp3) is 0.400. The van der Waals surface area contributed by atoms with E-state index in [0.717, 1.165) is 11.1 Å². The summed E-state index contributed by atoms with van der Waals surface area (Å²) in [6, 6.07) is 5.38. The summed E-state index contributed by atoms with van der Waals surface area (Å²) in [6.07, 6.45) is 0.497. The topological polar surface area (TPSA) is 69.4 Å². The Hall–Kier alpha value is -0.910. The van der Waals surface area contributed by atoms with Crippen LogP contribution in [0.5, 0.6) is 0 Å². The van der Waals surface area contributed by atoms with E-state index >= 15 is 0 Å². The molecule has 1 aromatic rings. The van der Waals surface area contributed by atoms with Crippen molar-refractivity contribution in [2.75, 3.05) is 6.61 Å². The average molecular weight is 227 g/mol. The molecule has 0 saturated carbocycles. The molecule has 1 aromatic carbocycles. The number of benzene rings is 1. The second kappa shape index (κ2) is 3.59. The first kappa shape index (κ1) is 10.6. The van der Waals surface area contributed by atoms with Crippen molar-refractivity contribution in [1.82, 2.24) is 0 Å². The molecule has 2 N–H and O–H groups in total. The van der Waals surface area contributed by atoms with Crippen LogP contribution in [0.25, 0.3) is 0 Å². The molecular weight excluding hydrogens is 214 g/mol. The third-order valence-corrected chi connectivity index (χ3v) is 4.88. The molecule has 1 heterocycles. The second-order valence-electron chi connectivity index (χ2n) is 3.82. The molecule has 1 atom stereocenters. The summed E-state index contributed by atoms with van der Waals surface area (Å²) in [5, 5.41) is -0.528. The van der Waals surface area contributed by atoms with Gasteiger partial charge in [-0.1, -0.05) is 17.7 Å². The maximum Gasteiger partial charge on any atom is 0.184 e. The minimum Gasteiger partial charge on any atom is -0.303 e. The summed E-state index contributed by atoms with van der Waals surface area (Å²) in [5.41, 5.74) is 1.94. The summed E-state index contributed by atoms with van der Waals surface area (Å²) in [6.45, 7) is 2.00. The lowest BCUT2D eigenvalue weighted by Gasteiger charge is -2.06. The lowest BCUT2D eigenvalue weighted by Crippen LogP contribution is -2.24. The van der Waals surface area contributed by atoms with Gasteiger partial charge in [-0.2, -0.15) is 0 Å². The number of nitrogens with two attached hydrogens (primary N) is 1. The Morgan fingerprint density at radius 2 is 2.27 bits per heavy atom. The fourth-order valence-electron chi connectivity index (χ4n) is 1.94. The molecule has 2 rings (SSSR count). The van der Waals surface area contributed by atoms with E-state index in [1.165, 1.54) is 0 Å². The van der Waals surface area contributed by atoms with Gasteiger partial charge in [-0.25, -0.2) is 14.3 Å². The molecule has 5 heteroatoms. The molecule has 0 spiro atoms. The lowest BCUT2D eigenvalue weighted by atomic mass is 10.1. The quantitative estimate of drug-likeness (QED) is 0.750. The van der Waals surface area contributed by atoms with Crippen LogP contribution in [0.1, 0.15) is 11.1 Å². The molecule has 0 saturated heterocycles. The molecule has 1 aliphatic heterocycles. The Morgan fingerprint density at radius 3 is 2.93 bits per heavy atom. The van der Waals surface area contributed by atoms with E-state index in [1.54, 1.807) is 6.07 Å². The van der Waals surface area contributed by atoms with Gasteiger partial charge in [0.25, 0.3) is 0 Å². The number of fused-ring (bicyclic) bond motifs is 1. The van der Waals surface area contributed by atoms with Gasteiger partial charge in [-0.05, 0) is 25.0 Å². The summed E-state index contributed by atoms with van der Waals surface area (Å²) in [4.78, 5) is 4.87. The van der Waals surface area contributed by atoms with Crippen molar-refractivity contribution < 1.29 is 13.3 Å². The molecular formula is C10H13NO3S. The highest BCUT2D eigenvalue weighted by Crippen LogP contribution is 2.31. The van der Waals surface area contributed by atoms with Gasteiger partial charge in [0, 0.05) is 0 Å². The van der Waals surface area contributed by atoms with Crippen molar-refractivity contribution in [2.45, 2.75) is 23.5 Å². The van der Waals surface area contributed by atoms with Crippen LogP contribution in [-0.4, -0.2) is 20.3 Å². The molecule has 0 fully saturated rings. The first-order valence-electron chi connectivity index (χ1n) is 4.71. The van der Waals surface area contributed by atoms with Crippen LogP contribution >= 0.6 is 0 Å². The number of aryl methyl sites for hydroxylation is 1. The van der Waals surface area contributed by atoms with Gasteiger partial charge in [-0.15, -0.1) is 0 Å². The van der Waals surface area contributed by atoms with Gasteiger partial charge in [0.05, 0.1) is 16.8 Å². The summed E-state index contributed by atoms with van der Waals surface area (Å²) < 4.78 is 23.9. The number of hydrogen-bond acceptors (Lipinski definition) is 4. The molecule has 0 aromatic heterocycles. The Bertz CT molecular complexity index is 481. The fourth-order valence-corrected chi connectivity index (χ4v) is 3.72. The minimum absolute atomic E-state index is 0.0516. The molecule has 1 unspecified atom stereocenters. The lowest BCUT2D eigenvalue weighted by molar-refractivity contribution is 0.138. The largest absolute Gasteiger partial charge is 0.303 e. The molecule has 4 nitrogen and oxygen atoms in total. The van der Waals surface area contributed by atoms with Crippen LogP contribution in [0.2, 0.25) is 0 Å². The van der Waals surface area contributed by atoms with Crippen LogP contribution in [-0.2, 0) is 21.1 Å². The van der Waals surface area contributed by atoms with E-state index in [2.05, 4.69) is 4.84 Å². The van der Waals surface area contributed by atoms with Crippen LogP contribution in [0.3, 0.4) is 0 Å². The second-order valence-corrected chi connectivity index (χ2v) is 6.01. The third-order valence-electron chi connectivity index (χ3n) is 2.69. The Kier molecular flexibility index (Phi) is 2.54. The summed E-state index contributed by atoms with van der Waals surface area (Å²) >= 11 is 0. The van der Waals surface area contributed by atoms with Gasteiger partial charge in [0.2, 0.25) is 0 Å². The monoisotopic (exact) mass is 227 g/mol. The highest BCUT2D eigenvalue weighted by molar-refractivity contribution is 7.92. The highest BCUT2D eigenvalue weighted by atomic mass is 32.2. The van der Waals surface area contributed by atoms with E-state index in [1.807, 2.05) is 19.1 Å². The van der Waals surface area contributed by atoms with Crippen molar-refractivity contribution in [3.63, 3.8) is 0 Å². The number of rotatable bonds is 2. The Labute approximate surface area is 88.9 Å². The Morgan fingerprint density at radius 1 is 1.53 bits per heavy atom. The van der Waals surface area contributed by atoms with Crippen molar-refractivity contribution >= 4 is 9.84 Å². The zero-order chi connectivity index (χ0) is 11.1. The smallest absolute Gasteiger partial charge is 0.184 e. The molecule has 0 amide bonds. The maximum atomic E-state index is 11.9. The molecule has 82 valence electrons. The normalized spacial score (nSPS) is 22.7. The third kappa shape index (κ3) is 1.67. The van der Waals surface area contributed by atoms with Gasteiger partial charge in [0.15, 0.2) is 9.84 Å². The molecule has 15 heavy (non-hydrogen) atoms. The molecule has 1 aliphatic rings. The van der Waals surface area contributed by atoms with Gasteiger partial charge in [-0.3, -0.25) is 0 Å². The van der Waals surface area contributed by atoms with Crippen LogP contribution < -0.4 is 5.90 Å². The Balaban J connectivity index is 2.48. The maximum absolute atomic E-state index is 11.9. The highest BCUT2D eigenvalue weighted by Gasteiger charge is 2.36. The molecule has 0 aliphatic carbocycles. The predicted molar refractivity (Wildman–Crippen MR) is 56.0 cm³/mol. The van der Waals surface area contributed by atoms with Crippen molar-refractivity contribution in [3.8, 4) is 0 Å². The van der Waals surface area contributed by atoms with Gasteiger partial charge < -0.3 is 4.84 Å². The number of sulfone groups is 1. The molecule has 0 bridgehead atoms. The zero-order valence-electron chi connectivity index (χ0n) is 8.43. The predicted octanol–water partition coefficient (Wildman–Crippen LogP) is 0.584. The van der Waals surface area contributed by atoms with E-state index in [4.69, 9.17) is 5.90 Å². The number of hydrogen-bond donors (Lipinski definition) is 1. The van der Waals surface area contributed by atoms with E-state index < -0.39 is 15.1 Å². The van der Waals surface area contributed by atoms with Gasteiger partial charge >= 0.3 is 0 Å². The van der Waals surface area contributed by atoms with Crippen molar-refractivity contribution in [3.05, 3.63) is 29.3 Å². The van der Waals surface area contributed by atoms with Crippen LogP contribution in [0.15, 0.2) is 23.1 Å². The summed E-state index contributed by atoms with van der Waals surface area (Å²) in [7, 11) is -3.23. The van der Waals surface area contributed by atoms with Crippen molar-refractivity contribution in [2.24, 2.45) is 5.90 Å². The first-order chi connectivity index (χ1) is 7.05. The SMILES string of the molecule is Cc1ccc2c(c1)CC(CON)S2(=O)=O. The van der Waals surface area contributed by atoms with Crippen LogP contribution in [0.4, 0.5) is 0 Å². The first-order valence-corrected chi connectivity index (χ1v) is 6.25. The van der Waals surface area contributed by atoms with Crippen LogP contribution in [0, 0.1) is 6.92 Å². The standard InChI is InChI=1S/C10H13NO3S/c1-7-2-3-10-8(4-7)5-9(6-14-11)15(10,12)13/h2-4,9H,5-6,11H2,1H3. The minimum atomic E-state index is -3.23. The van der Waals surface area contributed by atoms with Gasteiger partial charge in [0.1, 0.15) is 0 Å². The van der Waals surface area contributed by atoms with E-state index in [9.17, 15) is 8.42 Å². The van der Waals surface area contributed by atoms with Crippen molar-refractivity contribution in [1.29, 1.82) is 0 Å². The summed E-state index contributed by atoms with van der Waals surface area (Å²) in [5.74, 6) is 4.93. The van der Waals surface area contributed by atoms with E-state index in [-0.39, 0.29) is 6.61 Å². The van der Waals surface area contributed by atoms with E-state index in [0.29, 0.717) is 11.3 Å². The zero-order valence-corrected chi connectivity index (χ0v) is 9.25. The average Bonchev–Trinajstić information content (AvgIpc) is 2.39.